The number of carbonyl (C=O) groups excluding carboxylic acids is 2. The molecule has 2 rings (SSSR count). The van der Waals surface area contributed by atoms with Gasteiger partial charge in [-0.05, 0) is 36.8 Å². The molecule has 2 aromatic rings. The van der Waals surface area contributed by atoms with Crippen molar-refractivity contribution >= 4 is 27.5 Å². The first-order valence-corrected chi connectivity index (χ1v) is 9.32. The third-order valence-electron chi connectivity index (χ3n) is 3.18. The summed E-state index contributed by atoms with van der Waals surface area (Å²) in [6, 6.07) is 8.98. The van der Waals surface area contributed by atoms with E-state index in [0.29, 0.717) is 11.3 Å². The van der Waals surface area contributed by atoms with E-state index >= 15 is 0 Å². The highest BCUT2D eigenvalue weighted by molar-refractivity contribution is 7.92. The molecule has 1 aromatic heterocycles. The van der Waals surface area contributed by atoms with Crippen LogP contribution in [0.15, 0.2) is 47.1 Å². The Bertz CT molecular complexity index is 846. The molecule has 0 aliphatic heterocycles. The summed E-state index contributed by atoms with van der Waals surface area (Å²) in [5.74, 6) is -0.729. The van der Waals surface area contributed by atoms with Crippen LogP contribution in [0, 0.1) is 0 Å². The molecule has 0 bridgehead atoms. The van der Waals surface area contributed by atoms with Crippen molar-refractivity contribution in [1.29, 1.82) is 0 Å². The maximum absolute atomic E-state index is 12.1. The zero-order valence-electron chi connectivity index (χ0n) is 13.8. The van der Waals surface area contributed by atoms with Crippen molar-refractivity contribution in [2.24, 2.45) is 0 Å². The van der Waals surface area contributed by atoms with Gasteiger partial charge in [-0.3, -0.25) is 14.3 Å². The number of hydrogen-bond donors (Lipinski definition) is 3. The van der Waals surface area contributed by atoms with Gasteiger partial charge in [0.05, 0.1) is 12.5 Å². The summed E-state index contributed by atoms with van der Waals surface area (Å²) in [6.45, 7) is 1.75. The number of nitrogens with one attached hydrogen (secondary N) is 3. The first-order chi connectivity index (χ1) is 11.7. The van der Waals surface area contributed by atoms with Gasteiger partial charge in [0.2, 0.25) is 15.9 Å². The second-order valence-corrected chi connectivity index (χ2v) is 7.21. The molecule has 0 radical (unpaired) electrons. The lowest BCUT2D eigenvalue weighted by molar-refractivity contribution is -0.122. The van der Waals surface area contributed by atoms with E-state index in [9.17, 15) is 18.0 Å². The van der Waals surface area contributed by atoms with Crippen molar-refractivity contribution in [3.05, 3.63) is 54.0 Å². The van der Waals surface area contributed by atoms with Crippen LogP contribution in [-0.2, 0) is 21.4 Å². The maximum atomic E-state index is 12.1. The van der Waals surface area contributed by atoms with Gasteiger partial charge in [0, 0.05) is 12.2 Å². The molecule has 9 heteroatoms. The van der Waals surface area contributed by atoms with Crippen LogP contribution < -0.4 is 15.4 Å². The molecular formula is C16H19N3O5S. The van der Waals surface area contributed by atoms with Crippen LogP contribution in [-0.4, -0.2) is 32.5 Å². The van der Waals surface area contributed by atoms with Crippen molar-refractivity contribution in [3.63, 3.8) is 0 Å². The predicted octanol–water partition coefficient (Wildman–Crippen LogP) is 1.09. The molecule has 0 fully saturated rings. The van der Waals surface area contributed by atoms with Crippen LogP contribution >= 0.6 is 0 Å². The summed E-state index contributed by atoms with van der Waals surface area (Å²) in [6.07, 6.45) is 2.43. The van der Waals surface area contributed by atoms with Gasteiger partial charge in [0.1, 0.15) is 6.04 Å². The van der Waals surface area contributed by atoms with Crippen LogP contribution in [0.2, 0.25) is 0 Å². The molecule has 1 heterocycles. The second kappa shape index (κ2) is 7.84. The summed E-state index contributed by atoms with van der Waals surface area (Å²) in [5.41, 5.74) is 1.12. The maximum Gasteiger partial charge on any atom is 0.287 e. The Morgan fingerprint density at radius 2 is 1.96 bits per heavy atom. The number of benzene rings is 1. The quantitative estimate of drug-likeness (QED) is 0.679. The van der Waals surface area contributed by atoms with Gasteiger partial charge in [0.25, 0.3) is 5.91 Å². The van der Waals surface area contributed by atoms with E-state index in [4.69, 9.17) is 4.42 Å². The topological polar surface area (TPSA) is 118 Å². The molecule has 0 aliphatic carbocycles. The van der Waals surface area contributed by atoms with Gasteiger partial charge in [0.15, 0.2) is 5.76 Å². The van der Waals surface area contributed by atoms with E-state index in [1.807, 2.05) is 0 Å². The van der Waals surface area contributed by atoms with Crippen molar-refractivity contribution < 1.29 is 22.4 Å². The Morgan fingerprint density at radius 3 is 2.60 bits per heavy atom. The average Bonchev–Trinajstić information content (AvgIpc) is 3.05. The summed E-state index contributed by atoms with van der Waals surface area (Å²) in [7, 11) is -3.37. The number of rotatable bonds is 7. The molecule has 134 valence electrons. The molecule has 0 unspecified atom stereocenters. The smallest absolute Gasteiger partial charge is 0.287 e. The van der Waals surface area contributed by atoms with Gasteiger partial charge < -0.3 is 15.1 Å². The molecule has 8 nitrogen and oxygen atoms in total. The molecule has 1 aromatic carbocycles. The summed E-state index contributed by atoms with van der Waals surface area (Å²) < 4.78 is 29.8. The minimum absolute atomic E-state index is 0.124. The van der Waals surface area contributed by atoms with Gasteiger partial charge in [-0.25, -0.2) is 8.42 Å². The lowest BCUT2D eigenvalue weighted by Gasteiger charge is -2.14. The van der Waals surface area contributed by atoms with E-state index in [0.717, 1.165) is 6.26 Å². The molecule has 0 saturated carbocycles. The Hall–Kier alpha value is -2.81. The Balaban J connectivity index is 1.89. The third kappa shape index (κ3) is 5.96. The molecule has 0 spiro atoms. The van der Waals surface area contributed by atoms with Crippen molar-refractivity contribution in [2.75, 3.05) is 11.0 Å². The molecule has 3 N–H and O–H groups in total. The minimum Gasteiger partial charge on any atom is -0.459 e. The lowest BCUT2D eigenvalue weighted by atomic mass is 10.2. The first-order valence-electron chi connectivity index (χ1n) is 7.43. The number of hydrogen-bond acceptors (Lipinski definition) is 5. The van der Waals surface area contributed by atoms with E-state index in [-0.39, 0.29) is 18.2 Å². The van der Waals surface area contributed by atoms with Gasteiger partial charge >= 0.3 is 0 Å². The highest BCUT2D eigenvalue weighted by atomic mass is 32.2. The highest BCUT2D eigenvalue weighted by Gasteiger charge is 2.17. The SMILES string of the molecule is C[C@H](NC(=O)c1ccco1)C(=O)NCc1cccc(NS(C)(=O)=O)c1. The van der Waals surface area contributed by atoms with Gasteiger partial charge in [-0.15, -0.1) is 0 Å². The van der Waals surface area contributed by atoms with Crippen molar-refractivity contribution in [2.45, 2.75) is 19.5 Å². The van der Waals surface area contributed by atoms with E-state index in [2.05, 4.69) is 15.4 Å². The average molecular weight is 365 g/mol. The number of amides is 2. The predicted molar refractivity (Wildman–Crippen MR) is 92.4 cm³/mol. The van der Waals surface area contributed by atoms with Crippen LogP contribution in [0.1, 0.15) is 23.0 Å². The van der Waals surface area contributed by atoms with Crippen LogP contribution in [0.4, 0.5) is 5.69 Å². The number of anilines is 1. The van der Waals surface area contributed by atoms with Gasteiger partial charge in [-0.1, -0.05) is 12.1 Å². The monoisotopic (exact) mass is 365 g/mol. The number of carbonyl (C=O) groups is 2. The minimum atomic E-state index is -3.37. The molecule has 0 saturated heterocycles. The molecule has 25 heavy (non-hydrogen) atoms. The second-order valence-electron chi connectivity index (χ2n) is 5.46. The van der Waals surface area contributed by atoms with Crippen LogP contribution in [0.25, 0.3) is 0 Å². The largest absolute Gasteiger partial charge is 0.459 e. The summed E-state index contributed by atoms with van der Waals surface area (Å²) in [4.78, 5) is 23.9. The zero-order valence-corrected chi connectivity index (χ0v) is 14.6. The van der Waals surface area contributed by atoms with E-state index in [1.54, 1.807) is 37.3 Å². The summed E-state index contributed by atoms with van der Waals surface area (Å²) >= 11 is 0. The molecule has 0 aliphatic rings. The Morgan fingerprint density at radius 1 is 1.20 bits per heavy atom. The zero-order chi connectivity index (χ0) is 18.4. The molecular weight excluding hydrogens is 346 g/mol. The van der Waals surface area contributed by atoms with Crippen molar-refractivity contribution in [1.82, 2.24) is 10.6 Å². The standard InChI is InChI=1S/C16H19N3O5S/c1-11(18-16(21)14-7-4-8-24-14)15(20)17-10-12-5-3-6-13(9-12)19-25(2,22)23/h3-9,11,19H,10H2,1-2H3,(H,17,20)(H,18,21)/t11-/m0/s1. The molecule has 2 amide bonds. The number of furan rings is 1. The summed E-state index contributed by atoms with van der Waals surface area (Å²) in [5, 5.41) is 5.20. The molecule has 1 atom stereocenters. The lowest BCUT2D eigenvalue weighted by Crippen LogP contribution is -2.44. The van der Waals surface area contributed by atoms with Gasteiger partial charge in [-0.2, -0.15) is 0 Å². The number of sulfonamides is 1. The fourth-order valence-electron chi connectivity index (χ4n) is 2.04. The third-order valence-corrected chi connectivity index (χ3v) is 3.79. The fraction of sp³-hybridized carbons (Fsp3) is 0.250. The van der Waals surface area contributed by atoms with Crippen LogP contribution in [0.3, 0.4) is 0 Å². The first kappa shape index (κ1) is 18.5. The highest BCUT2D eigenvalue weighted by Crippen LogP contribution is 2.11. The van der Waals surface area contributed by atoms with Crippen LogP contribution in [0.5, 0.6) is 0 Å². The van der Waals surface area contributed by atoms with E-state index in [1.165, 1.54) is 12.3 Å². The van der Waals surface area contributed by atoms with Crippen molar-refractivity contribution in [3.8, 4) is 0 Å². The van der Waals surface area contributed by atoms with E-state index < -0.39 is 22.0 Å². The normalized spacial score (nSPS) is 12.2. The Kier molecular flexibility index (Phi) is 5.81. The Labute approximate surface area is 145 Å². The fourth-order valence-corrected chi connectivity index (χ4v) is 2.60.